The maximum absolute atomic E-state index is 13.3. The third-order valence-corrected chi connectivity index (χ3v) is 6.12. The topological polar surface area (TPSA) is 58.4 Å². The van der Waals surface area contributed by atoms with E-state index in [0.717, 1.165) is 11.3 Å². The zero-order chi connectivity index (χ0) is 22.0. The van der Waals surface area contributed by atoms with Crippen molar-refractivity contribution in [1.29, 1.82) is 0 Å². The summed E-state index contributed by atoms with van der Waals surface area (Å²) in [5.74, 6) is -0.0279. The van der Waals surface area contributed by atoms with E-state index in [-0.39, 0.29) is 11.8 Å². The molecule has 0 spiro atoms. The SMILES string of the molecule is Cc1nn(Cc2ccccc2Cl)c(C)c1C(=O)N1CCN(C(=O)c2ccccc2)CC1. The Kier molecular flexibility index (Phi) is 6.09. The average Bonchev–Trinajstić information content (AvgIpc) is 3.07. The summed E-state index contributed by atoms with van der Waals surface area (Å²) in [5, 5.41) is 5.27. The van der Waals surface area contributed by atoms with Crippen LogP contribution in [0.4, 0.5) is 0 Å². The highest BCUT2D eigenvalue weighted by molar-refractivity contribution is 6.31. The van der Waals surface area contributed by atoms with Crippen molar-refractivity contribution in [2.45, 2.75) is 20.4 Å². The lowest BCUT2D eigenvalue weighted by atomic mass is 10.1. The molecule has 2 heterocycles. The van der Waals surface area contributed by atoms with Gasteiger partial charge in [-0.1, -0.05) is 48.0 Å². The molecule has 1 fully saturated rings. The summed E-state index contributed by atoms with van der Waals surface area (Å²) in [4.78, 5) is 29.5. The zero-order valence-corrected chi connectivity index (χ0v) is 18.5. The molecular weight excluding hydrogens is 412 g/mol. The molecule has 4 rings (SSSR count). The van der Waals surface area contributed by atoms with Crippen molar-refractivity contribution >= 4 is 23.4 Å². The summed E-state index contributed by atoms with van der Waals surface area (Å²) < 4.78 is 1.83. The molecule has 1 saturated heterocycles. The van der Waals surface area contributed by atoms with Gasteiger partial charge in [-0.05, 0) is 37.6 Å². The van der Waals surface area contributed by atoms with Gasteiger partial charge in [0.05, 0.1) is 17.8 Å². The van der Waals surface area contributed by atoms with Crippen LogP contribution in [-0.2, 0) is 6.54 Å². The summed E-state index contributed by atoms with van der Waals surface area (Å²) in [6, 6.07) is 16.9. The Labute approximate surface area is 187 Å². The molecule has 2 amide bonds. The van der Waals surface area contributed by atoms with Gasteiger partial charge in [0.25, 0.3) is 11.8 Å². The molecule has 0 N–H and O–H groups in total. The van der Waals surface area contributed by atoms with Crippen molar-refractivity contribution in [3.05, 3.63) is 87.7 Å². The predicted molar refractivity (Wildman–Crippen MR) is 121 cm³/mol. The number of benzene rings is 2. The molecule has 31 heavy (non-hydrogen) atoms. The van der Waals surface area contributed by atoms with Crippen molar-refractivity contribution in [2.24, 2.45) is 0 Å². The highest BCUT2D eigenvalue weighted by Gasteiger charge is 2.28. The molecule has 0 bridgehead atoms. The van der Waals surface area contributed by atoms with E-state index in [1.165, 1.54) is 0 Å². The van der Waals surface area contributed by atoms with Crippen molar-refractivity contribution in [2.75, 3.05) is 26.2 Å². The molecule has 2 aromatic carbocycles. The molecule has 0 radical (unpaired) electrons. The average molecular weight is 437 g/mol. The summed E-state index contributed by atoms with van der Waals surface area (Å²) in [7, 11) is 0. The first-order valence-electron chi connectivity index (χ1n) is 10.4. The quantitative estimate of drug-likeness (QED) is 0.625. The number of aromatic nitrogens is 2. The van der Waals surface area contributed by atoms with Crippen molar-refractivity contribution < 1.29 is 9.59 Å². The van der Waals surface area contributed by atoms with Crippen LogP contribution in [0.3, 0.4) is 0 Å². The van der Waals surface area contributed by atoms with E-state index >= 15 is 0 Å². The smallest absolute Gasteiger partial charge is 0.257 e. The summed E-state index contributed by atoms with van der Waals surface area (Å²) in [6.07, 6.45) is 0. The van der Waals surface area contributed by atoms with Crippen molar-refractivity contribution in [3.8, 4) is 0 Å². The van der Waals surface area contributed by atoms with Crippen LogP contribution in [0.2, 0.25) is 5.02 Å². The van der Waals surface area contributed by atoms with E-state index in [1.807, 2.05) is 78.0 Å². The zero-order valence-electron chi connectivity index (χ0n) is 17.7. The number of aryl methyl sites for hydroxylation is 1. The van der Waals surface area contributed by atoms with Crippen LogP contribution in [0.1, 0.15) is 37.7 Å². The summed E-state index contributed by atoms with van der Waals surface area (Å²) >= 11 is 6.29. The fraction of sp³-hybridized carbons (Fsp3) is 0.292. The Morgan fingerprint density at radius 2 is 1.45 bits per heavy atom. The molecule has 1 aliphatic heterocycles. The molecule has 160 valence electrons. The van der Waals surface area contributed by atoms with Crippen LogP contribution < -0.4 is 0 Å². The largest absolute Gasteiger partial charge is 0.335 e. The molecule has 1 aromatic heterocycles. The molecule has 0 unspecified atom stereocenters. The van der Waals surface area contributed by atoms with Crippen molar-refractivity contribution in [1.82, 2.24) is 19.6 Å². The van der Waals surface area contributed by atoms with Crippen LogP contribution in [0.15, 0.2) is 54.6 Å². The number of carbonyl (C=O) groups is 2. The van der Waals surface area contributed by atoms with E-state index < -0.39 is 0 Å². The number of hydrogen-bond acceptors (Lipinski definition) is 3. The third kappa shape index (κ3) is 4.35. The minimum Gasteiger partial charge on any atom is -0.335 e. The Hall–Kier alpha value is -3.12. The van der Waals surface area contributed by atoms with Gasteiger partial charge < -0.3 is 9.80 Å². The van der Waals surface area contributed by atoms with Crippen LogP contribution in [0, 0.1) is 13.8 Å². The van der Waals surface area contributed by atoms with E-state index in [1.54, 1.807) is 4.90 Å². The molecule has 0 aliphatic carbocycles. The van der Waals surface area contributed by atoms with Gasteiger partial charge in [0.15, 0.2) is 0 Å². The van der Waals surface area contributed by atoms with Crippen molar-refractivity contribution in [3.63, 3.8) is 0 Å². The minimum absolute atomic E-state index is 0.00706. The second kappa shape index (κ2) is 8.94. The number of hydrogen-bond donors (Lipinski definition) is 0. The normalized spacial score (nSPS) is 14.0. The first-order valence-corrected chi connectivity index (χ1v) is 10.7. The lowest BCUT2D eigenvalue weighted by Gasteiger charge is -2.35. The second-order valence-corrected chi connectivity index (χ2v) is 8.15. The molecule has 7 heteroatoms. The van der Waals surface area contributed by atoms with Crippen LogP contribution in [-0.4, -0.2) is 57.6 Å². The number of nitrogens with zero attached hydrogens (tertiary/aromatic N) is 4. The van der Waals surface area contributed by atoms with Gasteiger partial charge in [0, 0.05) is 42.5 Å². The van der Waals surface area contributed by atoms with Crippen LogP contribution in [0.5, 0.6) is 0 Å². The van der Waals surface area contributed by atoms with Gasteiger partial charge >= 0.3 is 0 Å². The Morgan fingerprint density at radius 1 is 0.871 bits per heavy atom. The monoisotopic (exact) mass is 436 g/mol. The number of rotatable bonds is 4. The van der Waals surface area contributed by atoms with Gasteiger partial charge in [0.1, 0.15) is 0 Å². The number of carbonyl (C=O) groups excluding carboxylic acids is 2. The molecule has 1 aliphatic rings. The highest BCUT2D eigenvalue weighted by Crippen LogP contribution is 2.21. The van der Waals surface area contributed by atoms with Crippen LogP contribution in [0.25, 0.3) is 0 Å². The number of piperazine rings is 1. The predicted octanol–water partition coefficient (Wildman–Crippen LogP) is 3.80. The molecule has 0 atom stereocenters. The van der Waals surface area contributed by atoms with Gasteiger partial charge in [-0.25, -0.2) is 0 Å². The summed E-state index contributed by atoms with van der Waals surface area (Å²) in [5.41, 5.74) is 3.80. The fourth-order valence-electron chi connectivity index (χ4n) is 3.98. The van der Waals surface area contributed by atoms with E-state index in [2.05, 4.69) is 5.10 Å². The Balaban J connectivity index is 1.45. The van der Waals surface area contributed by atoms with Gasteiger partial charge in [0.2, 0.25) is 0 Å². The van der Waals surface area contributed by atoms with Crippen LogP contribution >= 0.6 is 11.6 Å². The maximum atomic E-state index is 13.3. The van der Waals surface area contributed by atoms with E-state index in [4.69, 9.17) is 11.6 Å². The van der Waals surface area contributed by atoms with Gasteiger partial charge in [-0.15, -0.1) is 0 Å². The Morgan fingerprint density at radius 3 is 2.10 bits per heavy atom. The highest BCUT2D eigenvalue weighted by atomic mass is 35.5. The maximum Gasteiger partial charge on any atom is 0.257 e. The minimum atomic E-state index is -0.0350. The van der Waals surface area contributed by atoms with E-state index in [9.17, 15) is 9.59 Å². The fourth-order valence-corrected chi connectivity index (χ4v) is 4.18. The van der Waals surface area contributed by atoms with Gasteiger partial charge in [-0.3, -0.25) is 14.3 Å². The lowest BCUT2D eigenvalue weighted by Crippen LogP contribution is -2.50. The first kappa shape index (κ1) is 21.1. The Bertz CT molecular complexity index is 1100. The lowest BCUT2D eigenvalue weighted by molar-refractivity contribution is 0.0534. The molecule has 0 saturated carbocycles. The number of amides is 2. The standard InChI is InChI=1S/C24H25ClN4O2/c1-17-22(18(2)29(26-17)16-20-10-6-7-11-21(20)25)24(31)28-14-12-27(13-15-28)23(30)19-8-4-3-5-9-19/h3-11H,12-16H2,1-2H3. The number of halogens is 1. The van der Waals surface area contributed by atoms with E-state index in [0.29, 0.717) is 54.6 Å². The van der Waals surface area contributed by atoms with Gasteiger partial charge in [-0.2, -0.15) is 5.10 Å². The molecule has 6 nitrogen and oxygen atoms in total. The molecule has 3 aromatic rings. The third-order valence-electron chi connectivity index (χ3n) is 5.75. The summed E-state index contributed by atoms with van der Waals surface area (Å²) in [6.45, 7) is 6.34. The first-order chi connectivity index (χ1) is 15.0. The molecular formula is C24H25ClN4O2. The second-order valence-electron chi connectivity index (χ2n) is 7.75.